The Bertz CT molecular complexity index is 516. The van der Waals surface area contributed by atoms with Crippen LogP contribution < -0.4 is 15.5 Å². The Kier molecular flexibility index (Phi) is 5.45. The Morgan fingerprint density at radius 1 is 1.38 bits per heavy atom. The zero-order chi connectivity index (χ0) is 16.0. The van der Waals surface area contributed by atoms with Crippen LogP contribution in [-0.2, 0) is 4.79 Å². The number of aromatic nitrogens is 2. The summed E-state index contributed by atoms with van der Waals surface area (Å²) in [5, 5.41) is 13.9. The predicted octanol–water partition coefficient (Wildman–Crippen LogP) is 1.31. The van der Waals surface area contributed by atoms with Crippen molar-refractivity contribution >= 4 is 23.8 Å². The number of carboxylic acid groups (broad SMARTS) is 1. The molecule has 0 atom stereocenters. The Balaban J connectivity index is 2.60. The molecule has 0 unspecified atom stereocenters. The van der Waals surface area contributed by atoms with Crippen LogP contribution in [0.4, 0.5) is 16.6 Å². The number of nitrogens with one attached hydrogen (secondary N) is 2. The third-order valence-electron chi connectivity index (χ3n) is 2.74. The van der Waals surface area contributed by atoms with E-state index in [1.165, 1.54) is 0 Å². The lowest BCUT2D eigenvalue weighted by Gasteiger charge is -2.25. The minimum absolute atomic E-state index is 0.0140. The second-order valence-corrected chi connectivity index (χ2v) is 5.49. The molecule has 1 aromatic heterocycles. The molecule has 0 aliphatic rings. The van der Waals surface area contributed by atoms with Gasteiger partial charge in [0.05, 0.1) is 0 Å². The van der Waals surface area contributed by atoms with Gasteiger partial charge in [-0.2, -0.15) is 4.98 Å². The summed E-state index contributed by atoms with van der Waals surface area (Å²) in [7, 11) is 3.67. The summed E-state index contributed by atoms with van der Waals surface area (Å²) in [6.45, 7) is 3.51. The molecular formula is C13H21N5O3. The molecule has 116 valence electrons. The van der Waals surface area contributed by atoms with Crippen molar-refractivity contribution in [2.24, 2.45) is 0 Å². The molecule has 8 heteroatoms. The molecule has 0 saturated carbocycles. The first-order valence-electron chi connectivity index (χ1n) is 6.51. The number of urea groups is 1. The second-order valence-electron chi connectivity index (χ2n) is 5.49. The maximum absolute atomic E-state index is 11.9. The lowest BCUT2D eigenvalue weighted by molar-refractivity contribution is -0.137. The molecule has 0 bridgehead atoms. The normalized spacial score (nSPS) is 10.9. The fraction of sp³-hybridized carbons (Fsp3) is 0.538. The fourth-order valence-corrected chi connectivity index (χ4v) is 1.58. The SMILES string of the molecule is CN(C)c1ccnc(NC(=O)NC(C)(C)CCC(=O)O)n1. The Labute approximate surface area is 123 Å². The van der Waals surface area contributed by atoms with E-state index in [-0.39, 0.29) is 12.4 Å². The number of hydrogen-bond acceptors (Lipinski definition) is 5. The number of anilines is 2. The molecule has 0 spiro atoms. The van der Waals surface area contributed by atoms with Crippen molar-refractivity contribution in [2.45, 2.75) is 32.2 Å². The van der Waals surface area contributed by atoms with Crippen LogP contribution in [0, 0.1) is 0 Å². The molecule has 1 rings (SSSR count). The van der Waals surface area contributed by atoms with Crippen LogP contribution in [0.5, 0.6) is 0 Å². The van der Waals surface area contributed by atoms with Crippen molar-refractivity contribution in [1.82, 2.24) is 15.3 Å². The summed E-state index contributed by atoms with van der Waals surface area (Å²) in [6, 6.07) is 1.25. The largest absolute Gasteiger partial charge is 0.481 e. The highest BCUT2D eigenvalue weighted by Crippen LogP contribution is 2.12. The summed E-state index contributed by atoms with van der Waals surface area (Å²) in [6.07, 6.45) is 1.86. The summed E-state index contributed by atoms with van der Waals surface area (Å²) in [5.74, 6) is -0.0366. The van der Waals surface area contributed by atoms with Crippen molar-refractivity contribution in [3.05, 3.63) is 12.3 Å². The Hall–Kier alpha value is -2.38. The monoisotopic (exact) mass is 295 g/mol. The number of amides is 2. The third kappa shape index (κ3) is 6.07. The van der Waals surface area contributed by atoms with Crippen LogP contribution in [0.1, 0.15) is 26.7 Å². The second kappa shape index (κ2) is 6.87. The first-order chi connectivity index (χ1) is 9.69. The summed E-state index contributed by atoms with van der Waals surface area (Å²) in [4.78, 5) is 32.4. The molecule has 2 amide bonds. The lowest BCUT2D eigenvalue weighted by atomic mass is 9.99. The Morgan fingerprint density at radius 2 is 2.05 bits per heavy atom. The highest BCUT2D eigenvalue weighted by Gasteiger charge is 2.21. The Morgan fingerprint density at radius 3 is 2.62 bits per heavy atom. The first kappa shape index (κ1) is 16.7. The molecule has 0 aromatic carbocycles. The quantitative estimate of drug-likeness (QED) is 0.730. The van der Waals surface area contributed by atoms with E-state index in [0.717, 1.165) is 0 Å². The average molecular weight is 295 g/mol. The number of aliphatic carboxylic acids is 1. The zero-order valence-corrected chi connectivity index (χ0v) is 12.7. The topological polar surface area (TPSA) is 107 Å². The van der Waals surface area contributed by atoms with Gasteiger partial charge in [0.15, 0.2) is 0 Å². The van der Waals surface area contributed by atoms with Crippen molar-refractivity contribution in [2.75, 3.05) is 24.3 Å². The van der Waals surface area contributed by atoms with Crippen molar-refractivity contribution in [3.63, 3.8) is 0 Å². The standard InChI is InChI=1S/C13H21N5O3/c1-13(2,7-5-10(19)20)17-12(21)16-11-14-8-6-9(15-11)18(3)4/h6,8H,5,7H2,1-4H3,(H,19,20)(H2,14,15,16,17,21). The van der Waals surface area contributed by atoms with Gasteiger partial charge < -0.3 is 15.3 Å². The van der Waals surface area contributed by atoms with E-state index < -0.39 is 17.5 Å². The van der Waals surface area contributed by atoms with Gasteiger partial charge in [0, 0.05) is 32.3 Å². The van der Waals surface area contributed by atoms with E-state index in [1.54, 1.807) is 31.0 Å². The number of carboxylic acids is 1. The smallest absolute Gasteiger partial charge is 0.322 e. The molecule has 0 fully saturated rings. The molecule has 0 aliphatic heterocycles. The molecular weight excluding hydrogens is 274 g/mol. The van der Waals surface area contributed by atoms with Crippen LogP contribution >= 0.6 is 0 Å². The third-order valence-corrected chi connectivity index (χ3v) is 2.74. The van der Waals surface area contributed by atoms with E-state index in [2.05, 4.69) is 20.6 Å². The molecule has 0 saturated heterocycles. The van der Waals surface area contributed by atoms with Crippen LogP contribution in [0.15, 0.2) is 12.3 Å². The lowest BCUT2D eigenvalue weighted by Crippen LogP contribution is -2.46. The van der Waals surface area contributed by atoms with Gasteiger partial charge in [0.25, 0.3) is 0 Å². The van der Waals surface area contributed by atoms with E-state index in [0.29, 0.717) is 12.2 Å². The first-order valence-corrected chi connectivity index (χ1v) is 6.51. The average Bonchev–Trinajstić information content (AvgIpc) is 2.36. The zero-order valence-electron chi connectivity index (χ0n) is 12.7. The van der Waals surface area contributed by atoms with Crippen molar-refractivity contribution < 1.29 is 14.7 Å². The number of carbonyl (C=O) groups is 2. The molecule has 0 radical (unpaired) electrons. The van der Waals surface area contributed by atoms with Crippen LogP contribution in [-0.4, -0.2) is 46.7 Å². The summed E-state index contributed by atoms with van der Waals surface area (Å²) < 4.78 is 0. The fourth-order valence-electron chi connectivity index (χ4n) is 1.58. The van der Waals surface area contributed by atoms with Gasteiger partial charge in [-0.15, -0.1) is 0 Å². The molecule has 21 heavy (non-hydrogen) atoms. The highest BCUT2D eigenvalue weighted by atomic mass is 16.4. The van der Waals surface area contributed by atoms with Gasteiger partial charge in [-0.25, -0.2) is 9.78 Å². The van der Waals surface area contributed by atoms with E-state index >= 15 is 0 Å². The van der Waals surface area contributed by atoms with E-state index in [9.17, 15) is 9.59 Å². The van der Waals surface area contributed by atoms with Gasteiger partial charge in [0.1, 0.15) is 5.82 Å². The molecule has 3 N–H and O–H groups in total. The van der Waals surface area contributed by atoms with Gasteiger partial charge >= 0.3 is 12.0 Å². The van der Waals surface area contributed by atoms with E-state index in [1.807, 2.05) is 14.1 Å². The summed E-state index contributed by atoms with van der Waals surface area (Å²) >= 11 is 0. The number of nitrogens with zero attached hydrogens (tertiary/aromatic N) is 3. The highest BCUT2D eigenvalue weighted by molar-refractivity contribution is 5.88. The molecule has 1 aromatic rings. The van der Waals surface area contributed by atoms with Crippen LogP contribution in [0.3, 0.4) is 0 Å². The molecule has 1 heterocycles. The van der Waals surface area contributed by atoms with E-state index in [4.69, 9.17) is 5.11 Å². The minimum atomic E-state index is -0.896. The van der Waals surface area contributed by atoms with Gasteiger partial charge in [-0.3, -0.25) is 10.1 Å². The maximum Gasteiger partial charge on any atom is 0.322 e. The number of hydrogen-bond donors (Lipinski definition) is 3. The van der Waals surface area contributed by atoms with Crippen molar-refractivity contribution in [3.8, 4) is 0 Å². The summed E-state index contributed by atoms with van der Waals surface area (Å²) in [5.41, 5.74) is -0.637. The van der Waals surface area contributed by atoms with Gasteiger partial charge in [-0.1, -0.05) is 0 Å². The number of rotatable bonds is 6. The van der Waals surface area contributed by atoms with Gasteiger partial charge in [-0.05, 0) is 26.3 Å². The van der Waals surface area contributed by atoms with Crippen LogP contribution in [0.25, 0.3) is 0 Å². The maximum atomic E-state index is 11.9. The van der Waals surface area contributed by atoms with Crippen LogP contribution in [0.2, 0.25) is 0 Å². The number of carbonyl (C=O) groups excluding carboxylic acids is 1. The van der Waals surface area contributed by atoms with Gasteiger partial charge in [0.2, 0.25) is 5.95 Å². The predicted molar refractivity (Wildman–Crippen MR) is 79.5 cm³/mol. The minimum Gasteiger partial charge on any atom is -0.481 e. The molecule has 0 aliphatic carbocycles. The molecule has 8 nitrogen and oxygen atoms in total. The van der Waals surface area contributed by atoms with Crippen molar-refractivity contribution in [1.29, 1.82) is 0 Å².